The zero-order chi connectivity index (χ0) is 19.5. The first-order chi connectivity index (χ1) is 13.6. The van der Waals surface area contributed by atoms with Gasteiger partial charge in [-0.15, -0.1) is 0 Å². The van der Waals surface area contributed by atoms with Gasteiger partial charge in [0.1, 0.15) is 12.6 Å². The number of nitriles is 1. The van der Waals surface area contributed by atoms with Crippen LogP contribution < -0.4 is 10.3 Å². The summed E-state index contributed by atoms with van der Waals surface area (Å²) in [5.74, 6) is 0.206. The number of nitrogens with zero attached hydrogens (tertiary/aromatic N) is 5. The first-order valence-electron chi connectivity index (χ1n) is 8.89. The van der Waals surface area contributed by atoms with Crippen LogP contribution in [0.25, 0.3) is 10.9 Å². The number of likely N-dealkylation sites (tertiary alicyclic amines) is 1. The van der Waals surface area contributed by atoms with Crippen molar-refractivity contribution < 1.29 is 9.53 Å². The molecule has 0 aliphatic carbocycles. The maximum Gasteiger partial charge on any atom is 0.261 e. The van der Waals surface area contributed by atoms with E-state index in [-0.39, 0.29) is 24.1 Å². The van der Waals surface area contributed by atoms with E-state index in [0.29, 0.717) is 41.9 Å². The van der Waals surface area contributed by atoms with Crippen molar-refractivity contribution in [1.82, 2.24) is 19.4 Å². The zero-order valence-electron chi connectivity index (χ0n) is 15.0. The summed E-state index contributed by atoms with van der Waals surface area (Å²) in [6.45, 7) is 0.885. The predicted molar refractivity (Wildman–Crippen MR) is 101 cm³/mol. The molecule has 1 unspecified atom stereocenters. The molecule has 0 N–H and O–H groups in total. The Morgan fingerprint density at radius 3 is 3.00 bits per heavy atom. The van der Waals surface area contributed by atoms with Gasteiger partial charge in [0.2, 0.25) is 11.8 Å². The van der Waals surface area contributed by atoms with Crippen LogP contribution in [0.3, 0.4) is 0 Å². The summed E-state index contributed by atoms with van der Waals surface area (Å²) in [6.07, 6.45) is 3.39. The molecule has 0 spiro atoms. The van der Waals surface area contributed by atoms with Crippen molar-refractivity contribution in [2.24, 2.45) is 0 Å². The molecule has 2 aromatic heterocycles. The number of fused-ring (bicyclic) bond motifs is 1. The third-order valence-corrected chi connectivity index (χ3v) is 4.69. The van der Waals surface area contributed by atoms with Gasteiger partial charge in [0.05, 0.1) is 35.4 Å². The maximum absolute atomic E-state index is 12.6. The Labute approximate surface area is 160 Å². The van der Waals surface area contributed by atoms with Gasteiger partial charge in [0, 0.05) is 25.2 Å². The lowest BCUT2D eigenvalue weighted by Crippen LogP contribution is -2.36. The molecular weight excluding hydrogens is 358 g/mol. The molecule has 0 radical (unpaired) electrons. The number of carbonyl (C=O) groups excluding carboxylic acids is 1. The molecule has 3 aromatic rings. The first-order valence-corrected chi connectivity index (χ1v) is 8.89. The number of hydrogen-bond acceptors (Lipinski definition) is 6. The number of hydrogen-bond donors (Lipinski definition) is 0. The highest BCUT2D eigenvalue weighted by atomic mass is 16.5. The Hall–Kier alpha value is -3.73. The fourth-order valence-corrected chi connectivity index (χ4v) is 3.23. The van der Waals surface area contributed by atoms with Crippen molar-refractivity contribution in [3.05, 3.63) is 64.8 Å². The van der Waals surface area contributed by atoms with E-state index >= 15 is 0 Å². The smallest absolute Gasteiger partial charge is 0.261 e. The van der Waals surface area contributed by atoms with Crippen LogP contribution in [0.2, 0.25) is 0 Å². The van der Waals surface area contributed by atoms with Crippen LogP contribution >= 0.6 is 0 Å². The number of aromatic nitrogens is 3. The van der Waals surface area contributed by atoms with Crippen LogP contribution in [-0.4, -0.2) is 44.5 Å². The van der Waals surface area contributed by atoms with Crippen LogP contribution in [0.1, 0.15) is 12.0 Å². The molecule has 0 bridgehead atoms. The molecule has 8 nitrogen and oxygen atoms in total. The van der Waals surface area contributed by atoms with Crippen LogP contribution in [0.15, 0.2) is 53.7 Å². The van der Waals surface area contributed by atoms with Gasteiger partial charge >= 0.3 is 0 Å². The van der Waals surface area contributed by atoms with Gasteiger partial charge in [-0.1, -0.05) is 12.1 Å². The first kappa shape index (κ1) is 17.7. The van der Waals surface area contributed by atoms with Crippen molar-refractivity contribution in [2.45, 2.75) is 19.1 Å². The van der Waals surface area contributed by atoms with Crippen molar-refractivity contribution in [3.8, 4) is 11.9 Å². The van der Waals surface area contributed by atoms with Crippen LogP contribution in [0, 0.1) is 11.3 Å². The van der Waals surface area contributed by atoms with Gasteiger partial charge in [-0.3, -0.25) is 14.2 Å². The number of rotatable bonds is 4. The molecule has 1 saturated heterocycles. The van der Waals surface area contributed by atoms with Gasteiger partial charge in [-0.05, 0) is 18.2 Å². The largest absolute Gasteiger partial charge is 0.472 e. The fraction of sp³-hybridized carbons (Fsp3) is 0.250. The highest BCUT2D eigenvalue weighted by Crippen LogP contribution is 2.17. The molecule has 1 aromatic carbocycles. The lowest BCUT2D eigenvalue weighted by molar-refractivity contribution is -0.131. The van der Waals surface area contributed by atoms with E-state index in [4.69, 9.17) is 10.00 Å². The van der Waals surface area contributed by atoms with Gasteiger partial charge in [-0.2, -0.15) is 5.26 Å². The number of amides is 1. The van der Waals surface area contributed by atoms with E-state index in [2.05, 4.69) is 9.97 Å². The van der Waals surface area contributed by atoms with E-state index in [1.165, 1.54) is 17.1 Å². The SMILES string of the molecule is N#Cc1ccnc(OC2CCN(C(=O)Cn3cnc4ccccc4c3=O)C2)c1. The standard InChI is InChI=1S/C20H17N5O3/c21-10-14-5-7-22-18(9-14)28-15-6-8-24(11-15)19(26)12-25-13-23-17-4-2-1-3-16(17)20(25)27/h1-5,7,9,13,15H,6,8,11-12H2. The summed E-state index contributed by atoms with van der Waals surface area (Å²) in [4.78, 5) is 35.2. The summed E-state index contributed by atoms with van der Waals surface area (Å²) >= 11 is 0. The molecule has 28 heavy (non-hydrogen) atoms. The van der Waals surface area contributed by atoms with E-state index in [1.54, 1.807) is 35.2 Å². The molecule has 1 fully saturated rings. The zero-order valence-corrected chi connectivity index (χ0v) is 15.0. The van der Waals surface area contributed by atoms with Crippen molar-refractivity contribution >= 4 is 16.8 Å². The van der Waals surface area contributed by atoms with Crippen molar-refractivity contribution in [1.29, 1.82) is 5.26 Å². The highest BCUT2D eigenvalue weighted by molar-refractivity contribution is 5.79. The Morgan fingerprint density at radius 2 is 2.14 bits per heavy atom. The molecule has 1 amide bonds. The summed E-state index contributed by atoms with van der Waals surface area (Å²) in [5, 5.41) is 9.44. The molecule has 4 rings (SSSR count). The minimum absolute atomic E-state index is 0.0639. The maximum atomic E-state index is 12.6. The fourth-order valence-electron chi connectivity index (χ4n) is 3.23. The lowest BCUT2D eigenvalue weighted by atomic mass is 10.2. The summed E-state index contributed by atoms with van der Waals surface area (Å²) in [5.41, 5.74) is 0.848. The second-order valence-corrected chi connectivity index (χ2v) is 6.56. The summed E-state index contributed by atoms with van der Waals surface area (Å²) in [7, 11) is 0. The summed E-state index contributed by atoms with van der Waals surface area (Å²) in [6, 6.07) is 12.3. The van der Waals surface area contributed by atoms with Crippen LogP contribution in [-0.2, 0) is 11.3 Å². The third kappa shape index (κ3) is 3.55. The molecule has 3 heterocycles. The molecule has 0 saturated carbocycles. The molecular formula is C20H17N5O3. The van der Waals surface area contributed by atoms with E-state index in [9.17, 15) is 9.59 Å². The van der Waals surface area contributed by atoms with E-state index in [1.807, 2.05) is 12.1 Å². The monoisotopic (exact) mass is 375 g/mol. The van der Waals surface area contributed by atoms with Gasteiger partial charge in [-0.25, -0.2) is 9.97 Å². The lowest BCUT2D eigenvalue weighted by Gasteiger charge is -2.17. The number of ether oxygens (including phenoxy) is 1. The minimum Gasteiger partial charge on any atom is -0.472 e. The third-order valence-electron chi connectivity index (χ3n) is 4.69. The quantitative estimate of drug-likeness (QED) is 0.682. The van der Waals surface area contributed by atoms with Gasteiger partial charge in [0.25, 0.3) is 5.56 Å². The van der Waals surface area contributed by atoms with Gasteiger partial charge < -0.3 is 9.64 Å². The van der Waals surface area contributed by atoms with Gasteiger partial charge in [0.15, 0.2) is 0 Å². The highest BCUT2D eigenvalue weighted by Gasteiger charge is 2.28. The molecule has 140 valence electrons. The summed E-state index contributed by atoms with van der Waals surface area (Å²) < 4.78 is 7.12. The average molecular weight is 375 g/mol. The predicted octanol–water partition coefficient (Wildman–Crippen LogP) is 1.34. The number of carbonyl (C=O) groups is 1. The van der Waals surface area contributed by atoms with Crippen LogP contribution in [0.4, 0.5) is 0 Å². The Kier molecular flexibility index (Phi) is 4.72. The Bertz CT molecular complexity index is 1130. The minimum atomic E-state index is -0.233. The molecule has 8 heteroatoms. The topological polar surface area (TPSA) is 101 Å². The molecule has 1 aliphatic rings. The Morgan fingerprint density at radius 1 is 1.29 bits per heavy atom. The molecule has 1 aliphatic heterocycles. The van der Waals surface area contributed by atoms with Crippen LogP contribution in [0.5, 0.6) is 5.88 Å². The average Bonchev–Trinajstić information content (AvgIpc) is 3.19. The molecule has 1 atom stereocenters. The van der Waals surface area contributed by atoms with Crippen molar-refractivity contribution in [3.63, 3.8) is 0 Å². The Balaban J connectivity index is 1.42. The normalized spacial score (nSPS) is 16.1. The second-order valence-electron chi connectivity index (χ2n) is 6.56. The van der Waals surface area contributed by atoms with E-state index < -0.39 is 0 Å². The number of benzene rings is 1. The van der Waals surface area contributed by atoms with E-state index in [0.717, 1.165) is 0 Å². The second kappa shape index (κ2) is 7.48. The number of para-hydroxylation sites is 1. The number of pyridine rings is 1. The van der Waals surface area contributed by atoms with Crippen molar-refractivity contribution in [2.75, 3.05) is 13.1 Å².